The van der Waals surface area contributed by atoms with Crippen LogP contribution in [0.4, 0.5) is 17.1 Å². The zero-order chi connectivity index (χ0) is 24.9. The highest BCUT2D eigenvalue weighted by Gasteiger charge is 2.32. The number of hydrogen-bond acceptors (Lipinski definition) is 7. The molecule has 3 aromatic carbocycles. The van der Waals surface area contributed by atoms with Gasteiger partial charge in [0.25, 0.3) is 15.7 Å². The first-order valence-corrected chi connectivity index (χ1v) is 11.4. The number of para-hydroxylation sites is 2. The highest BCUT2D eigenvalue weighted by Crippen LogP contribution is 2.32. The number of anilines is 2. The summed E-state index contributed by atoms with van der Waals surface area (Å²) in [5, 5.41) is 14.2. The number of ether oxygens (including phenoxy) is 1. The lowest BCUT2D eigenvalue weighted by Gasteiger charge is -2.24. The van der Waals surface area contributed by atoms with Crippen molar-refractivity contribution in [2.45, 2.75) is 11.8 Å². The number of benzene rings is 3. The Morgan fingerprint density at radius 3 is 2.29 bits per heavy atom. The molecule has 0 atom stereocenters. The summed E-state index contributed by atoms with van der Waals surface area (Å²) in [5.41, 5.74) is 0.191. The number of methoxy groups -OCH3 is 1. The summed E-state index contributed by atoms with van der Waals surface area (Å²) in [6, 6.07) is 17.2. The van der Waals surface area contributed by atoms with E-state index in [0.29, 0.717) is 9.87 Å². The van der Waals surface area contributed by atoms with Crippen molar-refractivity contribution in [3.05, 3.63) is 94.0 Å². The van der Waals surface area contributed by atoms with Gasteiger partial charge in [-0.25, -0.2) is 17.5 Å². The van der Waals surface area contributed by atoms with E-state index in [4.69, 9.17) is 4.74 Å². The van der Waals surface area contributed by atoms with Gasteiger partial charge in [-0.15, -0.1) is 0 Å². The van der Waals surface area contributed by atoms with Crippen molar-refractivity contribution < 1.29 is 27.7 Å². The van der Waals surface area contributed by atoms with Crippen LogP contribution in [0.25, 0.3) is 0 Å². The molecule has 3 aromatic rings. The molecule has 3 rings (SSSR count). The second-order valence-corrected chi connectivity index (χ2v) is 8.95. The highest BCUT2D eigenvalue weighted by molar-refractivity contribution is 7.92. The first-order valence-electron chi connectivity index (χ1n) is 9.95. The second kappa shape index (κ2) is 10.1. The van der Waals surface area contributed by atoms with E-state index in [1.54, 1.807) is 19.1 Å². The minimum Gasteiger partial charge on any atom is -0.465 e. The Kier molecular flexibility index (Phi) is 7.27. The minimum absolute atomic E-state index is 0.134. The molecule has 0 heterocycles. The minimum atomic E-state index is -4.34. The molecule has 0 aliphatic carbocycles. The molecule has 0 radical (unpaired) electrons. The van der Waals surface area contributed by atoms with Crippen LogP contribution in [0.15, 0.2) is 77.7 Å². The molecule has 11 heteroatoms. The van der Waals surface area contributed by atoms with E-state index >= 15 is 0 Å². The Morgan fingerprint density at radius 1 is 1.00 bits per heavy atom. The molecule has 0 aliphatic heterocycles. The zero-order valence-electron chi connectivity index (χ0n) is 18.3. The first-order chi connectivity index (χ1) is 16.2. The molecule has 0 aromatic heterocycles. The highest BCUT2D eigenvalue weighted by atomic mass is 32.2. The van der Waals surface area contributed by atoms with Gasteiger partial charge in [-0.1, -0.05) is 36.4 Å². The fourth-order valence-corrected chi connectivity index (χ4v) is 4.73. The maximum atomic E-state index is 13.4. The van der Waals surface area contributed by atoms with E-state index < -0.39 is 39.1 Å². The third-order valence-corrected chi connectivity index (χ3v) is 6.75. The number of sulfonamides is 1. The molecule has 0 spiro atoms. The maximum Gasteiger partial charge on any atom is 0.338 e. The summed E-state index contributed by atoms with van der Waals surface area (Å²) in [5.74, 6) is -1.36. The van der Waals surface area contributed by atoms with Crippen LogP contribution in [-0.4, -0.2) is 38.9 Å². The van der Waals surface area contributed by atoms with Crippen molar-refractivity contribution in [3.8, 4) is 0 Å². The Balaban J connectivity index is 2.02. The fourth-order valence-electron chi connectivity index (χ4n) is 3.27. The molecule has 0 saturated heterocycles. The number of nitro groups is 1. The molecule has 0 aliphatic rings. The molecule has 1 amide bonds. The van der Waals surface area contributed by atoms with Gasteiger partial charge < -0.3 is 10.1 Å². The Bertz CT molecular complexity index is 1340. The number of esters is 1. The fraction of sp³-hybridized carbons (Fsp3) is 0.130. The molecule has 0 bridgehead atoms. The third kappa shape index (κ3) is 5.04. The lowest BCUT2D eigenvalue weighted by atomic mass is 10.1. The summed E-state index contributed by atoms with van der Waals surface area (Å²) in [6.07, 6.45) is 0. The molecule has 176 valence electrons. The molecule has 0 fully saturated rings. The zero-order valence-corrected chi connectivity index (χ0v) is 19.1. The van der Waals surface area contributed by atoms with Gasteiger partial charge >= 0.3 is 5.97 Å². The van der Waals surface area contributed by atoms with Crippen LogP contribution >= 0.6 is 0 Å². The quantitative estimate of drug-likeness (QED) is 0.294. The van der Waals surface area contributed by atoms with Crippen LogP contribution in [0, 0.1) is 17.0 Å². The Morgan fingerprint density at radius 2 is 1.65 bits per heavy atom. The number of nitrogens with one attached hydrogen (secondary N) is 1. The number of nitro benzene ring substituents is 1. The van der Waals surface area contributed by atoms with Crippen molar-refractivity contribution >= 4 is 39.0 Å². The van der Waals surface area contributed by atoms with Crippen molar-refractivity contribution in [3.63, 3.8) is 0 Å². The summed E-state index contributed by atoms with van der Waals surface area (Å²) in [6.45, 7) is 0.854. The van der Waals surface area contributed by atoms with Crippen molar-refractivity contribution in [2.24, 2.45) is 0 Å². The molecule has 0 saturated carbocycles. The lowest BCUT2D eigenvalue weighted by Crippen LogP contribution is -2.38. The largest absolute Gasteiger partial charge is 0.465 e. The van der Waals surface area contributed by atoms with Gasteiger partial charge in [0, 0.05) is 11.8 Å². The smallest absolute Gasteiger partial charge is 0.338 e. The first kappa shape index (κ1) is 24.4. The molecular weight excluding hydrogens is 462 g/mol. The van der Waals surface area contributed by atoms with E-state index in [0.717, 1.165) is 6.07 Å². The van der Waals surface area contributed by atoms with Crippen LogP contribution in [0.1, 0.15) is 15.9 Å². The number of nitrogens with zero attached hydrogens (tertiary/aromatic N) is 2. The predicted molar refractivity (Wildman–Crippen MR) is 125 cm³/mol. The summed E-state index contributed by atoms with van der Waals surface area (Å²) in [4.78, 5) is 35.6. The van der Waals surface area contributed by atoms with Crippen molar-refractivity contribution in [1.29, 1.82) is 0 Å². The molecule has 34 heavy (non-hydrogen) atoms. The van der Waals surface area contributed by atoms with Crippen LogP contribution in [0.5, 0.6) is 0 Å². The second-order valence-electron chi connectivity index (χ2n) is 7.09. The lowest BCUT2D eigenvalue weighted by molar-refractivity contribution is -0.384. The van der Waals surface area contributed by atoms with Gasteiger partial charge in [0.15, 0.2) is 0 Å². The van der Waals surface area contributed by atoms with E-state index in [9.17, 15) is 28.1 Å². The van der Waals surface area contributed by atoms with Gasteiger partial charge in [-0.05, 0) is 42.8 Å². The molecule has 0 unspecified atom stereocenters. The Hall–Kier alpha value is -4.25. The van der Waals surface area contributed by atoms with Crippen molar-refractivity contribution in [1.82, 2.24) is 0 Å². The van der Waals surface area contributed by atoms with Crippen molar-refractivity contribution in [2.75, 3.05) is 23.3 Å². The summed E-state index contributed by atoms with van der Waals surface area (Å²) < 4.78 is 32.2. The van der Waals surface area contributed by atoms with Crippen LogP contribution in [0.3, 0.4) is 0 Å². The van der Waals surface area contributed by atoms with E-state index in [1.807, 2.05) is 0 Å². The number of hydrogen-bond donors (Lipinski definition) is 1. The number of rotatable bonds is 8. The van der Waals surface area contributed by atoms with Crippen LogP contribution in [-0.2, 0) is 19.6 Å². The maximum absolute atomic E-state index is 13.4. The van der Waals surface area contributed by atoms with E-state index in [1.165, 1.54) is 61.7 Å². The van der Waals surface area contributed by atoms with Gasteiger partial charge in [-0.3, -0.25) is 14.9 Å². The number of carbonyl (C=O) groups is 2. The molecule has 1 N–H and O–H groups in total. The monoisotopic (exact) mass is 483 g/mol. The normalized spacial score (nSPS) is 10.9. The summed E-state index contributed by atoms with van der Waals surface area (Å²) >= 11 is 0. The van der Waals surface area contributed by atoms with E-state index in [2.05, 4.69) is 5.32 Å². The SMILES string of the molecule is COC(=O)c1cccc(NC(=O)CN(c2ccccc2[N+](=O)[O-])S(=O)(=O)c2ccccc2)c1C. The van der Waals surface area contributed by atoms with Gasteiger partial charge in [-0.2, -0.15) is 0 Å². The summed E-state index contributed by atoms with van der Waals surface area (Å²) in [7, 11) is -3.11. The molecular formula is C23H21N3O7S. The third-order valence-electron chi connectivity index (χ3n) is 4.98. The number of carbonyl (C=O) groups excluding carboxylic acids is 2. The predicted octanol–water partition coefficient (Wildman–Crippen LogP) is 3.52. The topological polar surface area (TPSA) is 136 Å². The van der Waals surface area contributed by atoms with Gasteiger partial charge in [0.2, 0.25) is 5.91 Å². The average Bonchev–Trinajstić information content (AvgIpc) is 2.83. The van der Waals surface area contributed by atoms with Gasteiger partial charge in [0.05, 0.1) is 22.5 Å². The van der Waals surface area contributed by atoms with E-state index in [-0.39, 0.29) is 21.8 Å². The van der Waals surface area contributed by atoms with Gasteiger partial charge in [0.1, 0.15) is 12.2 Å². The molecule has 10 nitrogen and oxygen atoms in total. The average molecular weight is 484 g/mol. The van der Waals surface area contributed by atoms with Crippen LogP contribution < -0.4 is 9.62 Å². The standard InChI is InChI=1S/C23H21N3O7S/c1-16-18(23(28)33-2)11-8-12-19(16)24-22(27)15-25(20-13-6-7-14-21(20)26(29)30)34(31,32)17-9-4-3-5-10-17/h3-14H,15H2,1-2H3,(H,24,27). The van der Waals surface area contributed by atoms with Crippen LogP contribution in [0.2, 0.25) is 0 Å². The number of amides is 1. The Labute approximate surface area is 196 Å².